The van der Waals surface area contributed by atoms with Crippen LogP contribution in [0.2, 0.25) is 0 Å². The summed E-state index contributed by atoms with van der Waals surface area (Å²) in [5.41, 5.74) is 1.79. The van der Waals surface area contributed by atoms with Gasteiger partial charge in [0.05, 0.1) is 28.9 Å². The molecule has 1 fully saturated rings. The van der Waals surface area contributed by atoms with Crippen molar-refractivity contribution in [2.24, 2.45) is 11.1 Å². The summed E-state index contributed by atoms with van der Waals surface area (Å²) in [4.78, 5) is 31.9. The summed E-state index contributed by atoms with van der Waals surface area (Å²) in [7, 11) is -3.92. The molecule has 1 saturated heterocycles. The fourth-order valence-corrected chi connectivity index (χ4v) is 6.67. The number of benzene rings is 2. The fraction of sp³-hybridized carbons (Fsp3) is 0.414. The molecule has 4 aromatic rings. The summed E-state index contributed by atoms with van der Waals surface area (Å²) in [5, 5.41) is 13.7. The van der Waals surface area contributed by atoms with Crippen LogP contribution in [0.5, 0.6) is 11.5 Å². The first-order valence-corrected chi connectivity index (χ1v) is 16.7. The molecule has 0 radical (unpaired) electrons. The van der Waals surface area contributed by atoms with Crippen LogP contribution in [0.25, 0.3) is 10.2 Å². The Kier molecular flexibility index (Phi) is 10.2. The molecule has 13 nitrogen and oxygen atoms in total. The molecule has 0 spiro atoms. The Bertz CT molecular complexity index is 1740. The number of thiazole rings is 1. The number of alkyl halides is 1. The van der Waals surface area contributed by atoms with E-state index in [4.69, 9.17) is 19.3 Å². The first-order valence-electron chi connectivity index (χ1n) is 14.3. The Labute approximate surface area is 263 Å². The van der Waals surface area contributed by atoms with Gasteiger partial charge >= 0.3 is 5.97 Å². The van der Waals surface area contributed by atoms with Crippen molar-refractivity contribution in [1.82, 2.24) is 24.9 Å². The highest BCUT2D eigenvalue weighted by Gasteiger charge is 2.33. The largest absolute Gasteiger partial charge is 0.491 e. The Morgan fingerprint density at radius 1 is 1.11 bits per heavy atom. The minimum Gasteiger partial charge on any atom is -0.491 e. The number of nitrogens with two attached hydrogens (primary N) is 1. The van der Waals surface area contributed by atoms with Crippen LogP contribution < -0.4 is 14.6 Å². The number of fused-ring (bicyclic) bond motifs is 1. The summed E-state index contributed by atoms with van der Waals surface area (Å²) in [6.45, 7) is 2.31. The highest BCUT2D eigenvalue weighted by molar-refractivity contribution is 7.91. The molecule has 2 aromatic carbocycles. The molecule has 0 bridgehead atoms. The van der Waals surface area contributed by atoms with E-state index < -0.39 is 22.7 Å². The van der Waals surface area contributed by atoms with Crippen molar-refractivity contribution in [3.05, 3.63) is 59.9 Å². The van der Waals surface area contributed by atoms with Crippen LogP contribution in [0, 0.1) is 5.92 Å². The van der Waals surface area contributed by atoms with Crippen LogP contribution in [0.4, 0.5) is 4.39 Å². The molecule has 1 amide bonds. The number of hydrogen-bond donors (Lipinski definition) is 1. The predicted octanol–water partition coefficient (Wildman–Crippen LogP) is 3.05. The lowest BCUT2D eigenvalue weighted by atomic mass is 9.96. The van der Waals surface area contributed by atoms with Crippen molar-refractivity contribution < 1.29 is 36.6 Å². The quantitative estimate of drug-likeness (QED) is 0.210. The molecule has 3 heterocycles. The molecule has 5 rings (SSSR count). The van der Waals surface area contributed by atoms with Crippen LogP contribution in [-0.2, 0) is 37.4 Å². The summed E-state index contributed by atoms with van der Waals surface area (Å²) < 4.78 is 54.1. The summed E-state index contributed by atoms with van der Waals surface area (Å²) in [6.07, 6.45) is 2.98. The number of primary sulfonamides is 1. The normalized spacial score (nSPS) is 14.8. The first-order chi connectivity index (χ1) is 21.6. The minimum absolute atomic E-state index is 0.0405. The van der Waals surface area contributed by atoms with Gasteiger partial charge in [-0.1, -0.05) is 17.3 Å². The third kappa shape index (κ3) is 8.12. The topological polar surface area (TPSA) is 169 Å². The van der Waals surface area contributed by atoms with Crippen molar-refractivity contribution in [2.45, 2.75) is 43.2 Å². The van der Waals surface area contributed by atoms with Gasteiger partial charge in [0.1, 0.15) is 43.1 Å². The number of piperidine rings is 1. The highest BCUT2D eigenvalue weighted by Crippen LogP contribution is 2.29. The van der Waals surface area contributed by atoms with Gasteiger partial charge in [-0.25, -0.2) is 27.6 Å². The summed E-state index contributed by atoms with van der Waals surface area (Å²) >= 11 is 0.946. The van der Waals surface area contributed by atoms with Crippen molar-refractivity contribution in [1.29, 1.82) is 0 Å². The summed E-state index contributed by atoms with van der Waals surface area (Å²) in [6, 6.07) is 11.3. The maximum Gasteiger partial charge on any atom is 0.309 e. The number of sulfonamides is 1. The number of nitrogens with zero attached hydrogens (tertiary/aromatic N) is 5. The van der Waals surface area contributed by atoms with Gasteiger partial charge in [0.25, 0.3) is 10.0 Å². The van der Waals surface area contributed by atoms with E-state index in [1.54, 1.807) is 48.4 Å². The number of esters is 1. The second-order valence-corrected chi connectivity index (χ2v) is 13.2. The molecule has 2 N–H and O–H groups in total. The lowest BCUT2D eigenvalue weighted by molar-refractivity contribution is -0.151. The molecule has 1 atom stereocenters. The van der Waals surface area contributed by atoms with Gasteiger partial charge in [-0.2, -0.15) is 0 Å². The number of likely N-dealkylation sites (tertiary alicyclic amines) is 1. The zero-order valence-corrected chi connectivity index (χ0v) is 26.1. The minimum atomic E-state index is -3.92. The Balaban J connectivity index is 1.30. The molecule has 0 aliphatic carbocycles. The standard InChI is InChI=1S/C29H33FN6O7S2/c1-2-41-28(38)20-9-12-35(13-10-20)27(37)25(15-19-3-5-22(6-4-19)42-14-11-30)36-17-21(33-34-36)18-43-23-7-8-24-26(16-23)44-29(32-24)45(31,39)40/h3-8,16-17,20,25H,2,9-15,18H2,1H3,(H2,31,39,40)/t25-/m0/s1. The van der Waals surface area contributed by atoms with Gasteiger partial charge in [0.2, 0.25) is 10.2 Å². The maximum atomic E-state index is 13.9. The number of halogens is 1. The van der Waals surface area contributed by atoms with Crippen LogP contribution in [0.3, 0.4) is 0 Å². The van der Waals surface area contributed by atoms with Gasteiger partial charge in [0, 0.05) is 19.5 Å². The van der Waals surface area contributed by atoms with Crippen LogP contribution in [0.15, 0.2) is 53.0 Å². The monoisotopic (exact) mass is 660 g/mol. The molecule has 240 valence electrons. The third-order valence-electron chi connectivity index (χ3n) is 7.26. The Hall–Kier alpha value is -4.15. The van der Waals surface area contributed by atoms with E-state index >= 15 is 0 Å². The molecule has 0 unspecified atom stereocenters. The average molecular weight is 661 g/mol. The van der Waals surface area contributed by atoms with Crippen molar-refractivity contribution >= 4 is 43.5 Å². The zero-order chi connectivity index (χ0) is 32.0. The van der Waals surface area contributed by atoms with E-state index in [9.17, 15) is 22.4 Å². The van der Waals surface area contributed by atoms with Crippen LogP contribution in [0.1, 0.15) is 37.1 Å². The van der Waals surface area contributed by atoms with Gasteiger partial charge in [0.15, 0.2) is 0 Å². The molecule has 1 aliphatic heterocycles. The average Bonchev–Trinajstić information content (AvgIpc) is 3.69. The lowest BCUT2D eigenvalue weighted by Gasteiger charge is -2.33. The molecule has 2 aromatic heterocycles. The Morgan fingerprint density at radius 2 is 1.84 bits per heavy atom. The Morgan fingerprint density at radius 3 is 2.53 bits per heavy atom. The third-order valence-corrected chi connectivity index (χ3v) is 9.60. The van der Waals surface area contributed by atoms with E-state index in [-0.39, 0.29) is 35.3 Å². The van der Waals surface area contributed by atoms with Crippen LogP contribution in [-0.4, -0.2) is 78.1 Å². The molecular weight excluding hydrogens is 627 g/mol. The van der Waals surface area contributed by atoms with Gasteiger partial charge in [-0.15, -0.1) is 16.4 Å². The van der Waals surface area contributed by atoms with Gasteiger partial charge < -0.3 is 19.1 Å². The lowest BCUT2D eigenvalue weighted by Crippen LogP contribution is -2.44. The molecule has 0 saturated carbocycles. The first kappa shape index (κ1) is 32.2. The smallest absolute Gasteiger partial charge is 0.309 e. The predicted molar refractivity (Wildman–Crippen MR) is 162 cm³/mol. The second-order valence-electron chi connectivity index (χ2n) is 10.4. The van der Waals surface area contributed by atoms with E-state index in [0.29, 0.717) is 66.4 Å². The number of hydrogen-bond acceptors (Lipinski definition) is 11. The number of amides is 1. The SMILES string of the molecule is CCOC(=O)C1CCN(C(=O)[C@H](Cc2ccc(OCCF)cc2)n2cc(COc3ccc4nc(S(N)(=O)=O)sc4c3)nn2)CC1. The number of carbonyl (C=O) groups excluding carboxylic acids is 2. The van der Waals surface area contributed by atoms with Crippen LogP contribution >= 0.6 is 11.3 Å². The molecule has 16 heteroatoms. The van der Waals surface area contributed by atoms with Gasteiger partial charge in [-0.05, 0) is 55.7 Å². The maximum absolute atomic E-state index is 13.9. The number of rotatable bonds is 13. The summed E-state index contributed by atoms with van der Waals surface area (Å²) in [5.74, 6) is 0.354. The van der Waals surface area contributed by atoms with Crippen molar-refractivity contribution in [2.75, 3.05) is 33.0 Å². The molecular formula is C29H33FN6O7S2. The van der Waals surface area contributed by atoms with E-state index in [2.05, 4.69) is 15.3 Å². The second kappa shape index (κ2) is 14.3. The highest BCUT2D eigenvalue weighted by atomic mass is 32.2. The van der Waals surface area contributed by atoms with E-state index in [1.165, 1.54) is 4.68 Å². The number of aromatic nitrogens is 4. The molecule has 45 heavy (non-hydrogen) atoms. The number of ether oxygens (including phenoxy) is 3. The molecule has 1 aliphatic rings. The number of carbonyl (C=O) groups is 2. The van der Waals surface area contributed by atoms with E-state index in [0.717, 1.165) is 16.9 Å². The van der Waals surface area contributed by atoms with Gasteiger partial charge in [-0.3, -0.25) is 9.59 Å². The van der Waals surface area contributed by atoms with Crippen molar-refractivity contribution in [3.63, 3.8) is 0 Å². The zero-order valence-electron chi connectivity index (χ0n) is 24.5. The van der Waals surface area contributed by atoms with E-state index in [1.807, 2.05) is 12.1 Å². The van der Waals surface area contributed by atoms with Crippen molar-refractivity contribution in [3.8, 4) is 11.5 Å². The fourth-order valence-electron chi connectivity index (χ4n) is 4.99.